The van der Waals surface area contributed by atoms with Gasteiger partial charge in [-0.15, -0.1) is 0 Å². The Bertz CT molecular complexity index is 726. The van der Waals surface area contributed by atoms with Crippen LogP contribution in [0.5, 0.6) is 0 Å². The second kappa shape index (κ2) is 7.52. The number of rotatable bonds is 6. The lowest BCUT2D eigenvalue weighted by molar-refractivity contribution is 0.507. The molecular weight excluding hydrogens is 322 g/mol. The first-order valence-electron chi connectivity index (χ1n) is 8.87. The summed E-state index contributed by atoms with van der Waals surface area (Å²) in [6.45, 7) is 7.77. The van der Waals surface area contributed by atoms with Crippen LogP contribution in [-0.2, 0) is 13.6 Å². The monoisotopic (exact) mass is 348 g/mol. The van der Waals surface area contributed by atoms with E-state index in [0.29, 0.717) is 11.8 Å². The number of anilines is 1. The molecule has 0 bridgehead atoms. The molecule has 1 fully saturated rings. The van der Waals surface area contributed by atoms with Crippen LogP contribution in [0.2, 0.25) is 0 Å². The zero-order valence-electron chi connectivity index (χ0n) is 15.1. The molecule has 1 N–H and O–H groups in total. The first-order valence-corrected chi connectivity index (χ1v) is 8.87. The van der Waals surface area contributed by atoms with Crippen molar-refractivity contribution in [1.82, 2.24) is 15.1 Å². The van der Waals surface area contributed by atoms with Crippen molar-refractivity contribution >= 4 is 5.69 Å². The molecule has 1 aliphatic heterocycles. The van der Waals surface area contributed by atoms with Crippen molar-refractivity contribution in [2.24, 2.45) is 13.0 Å². The maximum absolute atomic E-state index is 13.4. The minimum Gasteiger partial charge on any atom is -0.371 e. The van der Waals surface area contributed by atoms with Gasteiger partial charge in [-0.05, 0) is 30.4 Å². The highest BCUT2D eigenvalue weighted by Crippen LogP contribution is 2.25. The molecule has 6 heteroatoms. The summed E-state index contributed by atoms with van der Waals surface area (Å²) in [5.74, 6) is -0.656. The van der Waals surface area contributed by atoms with Crippen LogP contribution >= 0.6 is 0 Å². The molecule has 3 rings (SSSR count). The van der Waals surface area contributed by atoms with Gasteiger partial charge in [-0.1, -0.05) is 13.8 Å². The van der Waals surface area contributed by atoms with Crippen molar-refractivity contribution in [3.8, 4) is 0 Å². The van der Waals surface area contributed by atoms with Crippen molar-refractivity contribution in [3.05, 3.63) is 47.3 Å². The van der Waals surface area contributed by atoms with Crippen LogP contribution in [-0.4, -0.2) is 29.4 Å². The largest absolute Gasteiger partial charge is 0.371 e. The van der Waals surface area contributed by atoms with Gasteiger partial charge in [0.25, 0.3) is 0 Å². The third-order valence-electron chi connectivity index (χ3n) is 4.79. The minimum absolute atomic E-state index is 0.411. The van der Waals surface area contributed by atoms with Gasteiger partial charge in [0.1, 0.15) is 0 Å². The zero-order chi connectivity index (χ0) is 18.0. The molecule has 0 radical (unpaired) electrons. The Balaban J connectivity index is 1.51. The van der Waals surface area contributed by atoms with E-state index in [9.17, 15) is 8.78 Å². The molecule has 1 atom stereocenters. The zero-order valence-corrected chi connectivity index (χ0v) is 15.1. The van der Waals surface area contributed by atoms with Gasteiger partial charge in [-0.25, -0.2) is 8.78 Å². The van der Waals surface area contributed by atoms with E-state index in [0.717, 1.165) is 44.0 Å². The van der Waals surface area contributed by atoms with E-state index in [1.165, 1.54) is 17.7 Å². The molecule has 0 spiro atoms. The van der Waals surface area contributed by atoms with Crippen molar-refractivity contribution in [2.45, 2.75) is 32.7 Å². The molecule has 1 aromatic carbocycles. The SMILES string of the molecule is CC(C)c1nn(C)cc1CNC[C@@H]1CCN(c2ccc(F)c(F)c2)C1. The van der Waals surface area contributed by atoms with E-state index >= 15 is 0 Å². The maximum atomic E-state index is 13.4. The van der Waals surface area contributed by atoms with Crippen molar-refractivity contribution < 1.29 is 8.78 Å². The van der Waals surface area contributed by atoms with Gasteiger partial charge in [-0.2, -0.15) is 5.10 Å². The number of benzene rings is 1. The Kier molecular flexibility index (Phi) is 5.37. The molecule has 0 aliphatic carbocycles. The smallest absolute Gasteiger partial charge is 0.160 e. The second-order valence-corrected chi connectivity index (χ2v) is 7.20. The van der Waals surface area contributed by atoms with E-state index in [2.05, 4.69) is 35.4 Å². The predicted octanol–water partition coefficient (Wildman–Crippen LogP) is 3.44. The lowest BCUT2D eigenvalue weighted by Gasteiger charge is -2.19. The summed E-state index contributed by atoms with van der Waals surface area (Å²) in [4.78, 5) is 2.12. The molecule has 1 aromatic heterocycles. The molecule has 0 unspecified atom stereocenters. The summed E-state index contributed by atoms with van der Waals surface area (Å²) in [5, 5.41) is 8.06. The molecule has 1 saturated heterocycles. The fourth-order valence-corrected chi connectivity index (χ4v) is 3.50. The molecule has 2 aromatic rings. The highest BCUT2D eigenvalue weighted by Gasteiger charge is 2.23. The minimum atomic E-state index is -0.793. The van der Waals surface area contributed by atoms with Crippen LogP contribution in [0.25, 0.3) is 0 Å². The Morgan fingerprint density at radius 1 is 1.28 bits per heavy atom. The average Bonchev–Trinajstić information content (AvgIpc) is 3.17. The van der Waals surface area contributed by atoms with Gasteiger partial charge < -0.3 is 10.2 Å². The van der Waals surface area contributed by atoms with Crippen LogP contribution in [0.1, 0.15) is 37.4 Å². The third kappa shape index (κ3) is 4.18. The Morgan fingerprint density at radius 2 is 2.08 bits per heavy atom. The summed E-state index contributed by atoms with van der Waals surface area (Å²) in [6.07, 6.45) is 3.13. The van der Waals surface area contributed by atoms with Crippen LogP contribution in [0.4, 0.5) is 14.5 Å². The molecule has 0 amide bonds. The number of halogens is 2. The summed E-state index contributed by atoms with van der Waals surface area (Å²) in [7, 11) is 1.95. The molecule has 0 saturated carbocycles. The van der Waals surface area contributed by atoms with Crippen molar-refractivity contribution in [1.29, 1.82) is 0 Å². The van der Waals surface area contributed by atoms with Crippen LogP contribution < -0.4 is 10.2 Å². The van der Waals surface area contributed by atoms with Gasteiger partial charge in [0, 0.05) is 56.7 Å². The summed E-state index contributed by atoms with van der Waals surface area (Å²) in [6, 6.07) is 4.14. The number of nitrogens with zero attached hydrogens (tertiary/aromatic N) is 3. The predicted molar refractivity (Wildman–Crippen MR) is 95.7 cm³/mol. The molecule has 4 nitrogen and oxygen atoms in total. The first-order chi connectivity index (χ1) is 11.9. The first kappa shape index (κ1) is 17.9. The maximum Gasteiger partial charge on any atom is 0.160 e. The normalized spacial score (nSPS) is 17.7. The quantitative estimate of drug-likeness (QED) is 0.868. The van der Waals surface area contributed by atoms with Crippen LogP contribution in [0.15, 0.2) is 24.4 Å². The van der Waals surface area contributed by atoms with E-state index in [1.54, 1.807) is 6.07 Å². The standard InChI is InChI=1S/C19H26F2N4/c1-13(2)19-15(12-24(3)23-19)10-22-9-14-6-7-25(11-14)16-4-5-17(20)18(21)8-16/h4-5,8,12-14,22H,6-7,9-11H2,1-3H3/t14-/m0/s1. The fourth-order valence-electron chi connectivity index (χ4n) is 3.50. The number of hydrogen-bond donors (Lipinski definition) is 1. The average molecular weight is 348 g/mol. The van der Waals surface area contributed by atoms with Gasteiger partial charge in [0.2, 0.25) is 0 Å². The molecule has 25 heavy (non-hydrogen) atoms. The molecular formula is C19H26F2N4. The van der Waals surface area contributed by atoms with E-state index in [4.69, 9.17) is 0 Å². The summed E-state index contributed by atoms with van der Waals surface area (Å²) < 4.78 is 28.3. The Labute approximate surface area is 147 Å². The molecule has 2 heterocycles. The van der Waals surface area contributed by atoms with Crippen molar-refractivity contribution in [2.75, 3.05) is 24.5 Å². The number of aromatic nitrogens is 2. The van der Waals surface area contributed by atoms with Gasteiger partial charge in [0.15, 0.2) is 11.6 Å². The lowest BCUT2D eigenvalue weighted by atomic mass is 10.1. The summed E-state index contributed by atoms with van der Waals surface area (Å²) in [5.41, 5.74) is 3.15. The van der Waals surface area contributed by atoms with Gasteiger partial charge >= 0.3 is 0 Å². The van der Waals surface area contributed by atoms with E-state index in [-0.39, 0.29) is 0 Å². The highest BCUT2D eigenvalue weighted by molar-refractivity contribution is 5.47. The molecule has 136 valence electrons. The van der Waals surface area contributed by atoms with E-state index < -0.39 is 11.6 Å². The second-order valence-electron chi connectivity index (χ2n) is 7.20. The van der Waals surface area contributed by atoms with Gasteiger partial charge in [-0.3, -0.25) is 4.68 Å². The van der Waals surface area contributed by atoms with E-state index in [1.807, 2.05) is 11.7 Å². The lowest BCUT2D eigenvalue weighted by Crippen LogP contribution is -2.26. The number of nitrogens with one attached hydrogen (secondary N) is 1. The van der Waals surface area contributed by atoms with Crippen LogP contribution in [0, 0.1) is 17.6 Å². The highest BCUT2D eigenvalue weighted by atomic mass is 19.2. The van der Waals surface area contributed by atoms with Crippen LogP contribution in [0.3, 0.4) is 0 Å². The van der Waals surface area contributed by atoms with Crippen molar-refractivity contribution in [3.63, 3.8) is 0 Å². The van der Waals surface area contributed by atoms with Gasteiger partial charge in [0.05, 0.1) is 5.69 Å². The number of hydrogen-bond acceptors (Lipinski definition) is 3. The number of aryl methyl sites for hydroxylation is 1. The third-order valence-corrected chi connectivity index (χ3v) is 4.79. The topological polar surface area (TPSA) is 33.1 Å². The Hall–Kier alpha value is -1.95. The summed E-state index contributed by atoms with van der Waals surface area (Å²) >= 11 is 0. The molecule has 1 aliphatic rings. The Morgan fingerprint density at radius 3 is 2.80 bits per heavy atom. The fraction of sp³-hybridized carbons (Fsp3) is 0.526.